The lowest BCUT2D eigenvalue weighted by molar-refractivity contribution is 0.372. The number of nitrogens with zero attached hydrogens (tertiary/aromatic N) is 1. The topological polar surface area (TPSA) is 65.9 Å². The Hall–Kier alpha value is -2.12. The average molecular weight is 408 g/mol. The number of benzene rings is 2. The second kappa shape index (κ2) is 8.12. The molecule has 0 heterocycles. The van der Waals surface area contributed by atoms with Crippen LogP contribution in [0.15, 0.2) is 39.9 Å². The van der Waals surface area contributed by atoms with Gasteiger partial charge < -0.3 is 15.2 Å². The van der Waals surface area contributed by atoms with Crippen molar-refractivity contribution >= 4 is 45.2 Å². The fourth-order valence-corrected chi connectivity index (χ4v) is 2.65. The van der Waals surface area contributed by atoms with Crippen molar-refractivity contribution in [2.24, 2.45) is 5.10 Å². The van der Waals surface area contributed by atoms with Crippen LogP contribution >= 0.6 is 28.1 Å². The predicted molar refractivity (Wildman–Crippen MR) is 105 cm³/mol. The molecule has 0 spiro atoms. The molecule has 5 nitrogen and oxygen atoms in total. The fraction of sp³-hybridized carbons (Fsp3) is 0.176. The van der Waals surface area contributed by atoms with Gasteiger partial charge in [0.15, 0.2) is 16.6 Å². The Labute approximate surface area is 154 Å². The molecule has 0 unspecified atom stereocenters. The van der Waals surface area contributed by atoms with Gasteiger partial charge >= 0.3 is 0 Å². The van der Waals surface area contributed by atoms with E-state index >= 15 is 0 Å². The van der Waals surface area contributed by atoms with Gasteiger partial charge in [-0.15, -0.1) is 0 Å². The number of anilines is 1. The van der Waals surface area contributed by atoms with Gasteiger partial charge in [0.05, 0.1) is 17.8 Å². The lowest BCUT2D eigenvalue weighted by atomic mass is 10.1. The van der Waals surface area contributed by atoms with Crippen molar-refractivity contribution in [3.05, 3.63) is 51.5 Å². The molecule has 2 rings (SSSR count). The van der Waals surface area contributed by atoms with Crippen molar-refractivity contribution in [3.8, 4) is 11.5 Å². The zero-order valence-corrected chi connectivity index (χ0v) is 16.0. The lowest BCUT2D eigenvalue weighted by Crippen LogP contribution is -2.24. The summed E-state index contributed by atoms with van der Waals surface area (Å²) in [6, 6.07) is 9.38. The van der Waals surface area contributed by atoms with Gasteiger partial charge in [0.2, 0.25) is 0 Å². The van der Waals surface area contributed by atoms with Crippen LogP contribution in [0.25, 0.3) is 0 Å². The Morgan fingerprint density at radius 3 is 2.79 bits per heavy atom. The number of aromatic hydroxyl groups is 1. The van der Waals surface area contributed by atoms with Gasteiger partial charge in [-0.3, -0.25) is 5.43 Å². The highest BCUT2D eigenvalue weighted by Crippen LogP contribution is 2.34. The monoisotopic (exact) mass is 407 g/mol. The molecule has 0 aliphatic carbocycles. The van der Waals surface area contributed by atoms with E-state index in [9.17, 15) is 5.11 Å². The molecule has 0 saturated carbocycles. The predicted octanol–water partition coefficient (Wildman–Crippen LogP) is 4.10. The number of halogens is 1. The van der Waals surface area contributed by atoms with Gasteiger partial charge in [-0.2, -0.15) is 5.10 Å². The smallest absolute Gasteiger partial charge is 0.191 e. The quantitative estimate of drug-likeness (QED) is 0.404. The van der Waals surface area contributed by atoms with E-state index in [4.69, 9.17) is 17.0 Å². The van der Waals surface area contributed by atoms with Gasteiger partial charge in [-0.05, 0) is 76.9 Å². The normalized spacial score (nSPS) is 10.7. The first-order valence-electron chi connectivity index (χ1n) is 7.15. The minimum atomic E-state index is 0.0507. The Morgan fingerprint density at radius 2 is 2.08 bits per heavy atom. The number of hydrogen-bond donors (Lipinski definition) is 3. The first-order chi connectivity index (χ1) is 11.4. The molecule has 0 fully saturated rings. The van der Waals surface area contributed by atoms with Gasteiger partial charge in [-0.1, -0.05) is 12.1 Å². The third-order valence-corrected chi connectivity index (χ3v) is 4.30. The highest BCUT2D eigenvalue weighted by atomic mass is 79.9. The summed E-state index contributed by atoms with van der Waals surface area (Å²) in [6.07, 6.45) is 1.59. The van der Waals surface area contributed by atoms with Crippen LogP contribution in [-0.2, 0) is 0 Å². The summed E-state index contributed by atoms with van der Waals surface area (Å²) in [5, 5.41) is 17.4. The number of hydrazone groups is 1. The van der Waals surface area contributed by atoms with Crippen molar-refractivity contribution in [1.29, 1.82) is 0 Å². The van der Waals surface area contributed by atoms with E-state index in [2.05, 4.69) is 31.8 Å². The highest BCUT2D eigenvalue weighted by molar-refractivity contribution is 9.10. The van der Waals surface area contributed by atoms with E-state index in [1.54, 1.807) is 18.3 Å². The van der Waals surface area contributed by atoms with Crippen LogP contribution in [0.4, 0.5) is 5.69 Å². The van der Waals surface area contributed by atoms with Crippen LogP contribution in [0.1, 0.15) is 16.7 Å². The summed E-state index contributed by atoms with van der Waals surface area (Å²) in [7, 11) is 1.49. The van der Waals surface area contributed by atoms with E-state index < -0.39 is 0 Å². The van der Waals surface area contributed by atoms with Crippen LogP contribution in [0.3, 0.4) is 0 Å². The zero-order chi connectivity index (χ0) is 17.7. The van der Waals surface area contributed by atoms with Crippen LogP contribution in [0, 0.1) is 13.8 Å². The number of phenols is 1. The maximum absolute atomic E-state index is 9.79. The van der Waals surface area contributed by atoms with Gasteiger partial charge in [0, 0.05) is 5.69 Å². The number of hydrogen-bond acceptors (Lipinski definition) is 4. The molecule has 0 aliphatic rings. The molecule has 0 amide bonds. The molecule has 0 atom stereocenters. The van der Waals surface area contributed by atoms with Crippen LogP contribution in [-0.4, -0.2) is 23.5 Å². The van der Waals surface area contributed by atoms with Gasteiger partial charge in [0.25, 0.3) is 0 Å². The zero-order valence-electron chi connectivity index (χ0n) is 13.6. The number of rotatable bonds is 4. The van der Waals surface area contributed by atoms with Crippen LogP contribution in [0.5, 0.6) is 11.5 Å². The summed E-state index contributed by atoms with van der Waals surface area (Å²) in [5.74, 6) is 0.414. The number of nitrogens with one attached hydrogen (secondary N) is 2. The molecule has 0 radical (unpaired) electrons. The Bertz CT molecular complexity index is 794. The first kappa shape index (κ1) is 18.2. The number of thiocarbonyl (C=S) groups is 1. The number of phenolic OH excluding ortho intramolecular Hbond substituents is 1. The maximum Gasteiger partial charge on any atom is 0.191 e. The van der Waals surface area contributed by atoms with Crippen molar-refractivity contribution in [1.82, 2.24) is 5.43 Å². The molecule has 2 aromatic carbocycles. The molecular weight excluding hydrogens is 390 g/mol. The van der Waals surface area contributed by atoms with Crippen LogP contribution < -0.4 is 15.5 Å². The first-order valence-corrected chi connectivity index (χ1v) is 8.35. The summed E-state index contributed by atoms with van der Waals surface area (Å²) in [4.78, 5) is 0. The third-order valence-electron chi connectivity index (χ3n) is 3.50. The van der Waals surface area contributed by atoms with E-state index in [1.165, 1.54) is 12.7 Å². The van der Waals surface area contributed by atoms with Crippen molar-refractivity contribution < 1.29 is 9.84 Å². The molecule has 0 bridgehead atoms. The molecule has 0 aliphatic heterocycles. The van der Waals surface area contributed by atoms with E-state index in [1.807, 2.05) is 32.0 Å². The van der Waals surface area contributed by atoms with E-state index in [0.29, 0.717) is 15.3 Å². The summed E-state index contributed by atoms with van der Waals surface area (Å²) >= 11 is 8.51. The summed E-state index contributed by atoms with van der Waals surface area (Å²) in [6.45, 7) is 4.08. The highest BCUT2D eigenvalue weighted by Gasteiger charge is 2.07. The fourth-order valence-electron chi connectivity index (χ4n) is 2.03. The third kappa shape index (κ3) is 4.46. The van der Waals surface area contributed by atoms with Crippen molar-refractivity contribution in [2.75, 3.05) is 12.4 Å². The Balaban J connectivity index is 2.02. The molecule has 24 heavy (non-hydrogen) atoms. The summed E-state index contributed by atoms with van der Waals surface area (Å²) in [5.41, 5.74) is 6.78. The maximum atomic E-state index is 9.79. The van der Waals surface area contributed by atoms with Crippen molar-refractivity contribution in [2.45, 2.75) is 13.8 Å². The molecule has 3 N–H and O–H groups in total. The van der Waals surface area contributed by atoms with Gasteiger partial charge in [-0.25, -0.2) is 0 Å². The van der Waals surface area contributed by atoms with E-state index in [-0.39, 0.29) is 5.75 Å². The number of aryl methyl sites for hydroxylation is 1. The second-order valence-electron chi connectivity index (χ2n) is 5.13. The van der Waals surface area contributed by atoms with E-state index in [0.717, 1.165) is 16.8 Å². The van der Waals surface area contributed by atoms with Crippen LogP contribution in [0.2, 0.25) is 0 Å². The molecule has 7 heteroatoms. The minimum absolute atomic E-state index is 0.0507. The van der Waals surface area contributed by atoms with Crippen molar-refractivity contribution in [3.63, 3.8) is 0 Å². The largest absolute Gasteiger partial charge is 0.503 e. The number of methoxy groups -OCH3 is 1. The lowest BCUT2D eigenvalue weighted by Gasteiger charge is -2.11. The Kier molecular flexibility index (Phi) is 6.16. The molecule has 0 aromatic heterocycles. The summed E-state index contributed by atoms with van der Waals surface area (Å²) < 4.78 is 5.62. The number of ether oxygens (including phenoxy) is 1. The van der Waals surface area contributed by atoms with Gasteiger partial charge in [0.1, 0.15) is 0 Å². The average Bonchev–Trinajstić information content (AvgIpc) is 2.55. The minimum Gasteiger partial charge on any atom is -0.503 e. The standard InChI is InChI=1S/C17H18BrN3O2S/c1-10-5-4-6-14(11(10)2)20-17(24)21-19-9-12-7-13(18)16(22)15(8-12)23-3/h4-9,22H,1-3H3,(H2,20,21,24). The second-order valence-corrected chi connectivity index (χ2v) is 6.39. The molecule has 0 saturated heterocycles. The molecule has 2 aromatic rings. The Morgan fingerprint density at radius 1 is 1.33 bits per heavy atom. The SMILES string of the molecule is COc1cc(C=NNC(=S)Nc2cccc(C)c2C)cc(Br)c1O. The molecular formula is C17H18BrN3O2S. The molecule has 126 valence electrons.